The molecular formula is C19H29N5O3. The molecular weight excluding hydrogens is 346 g/mol. The van der Waals surface area contributed by atoms with Gasteiger partial charge in [0, 0.05) is 57.1 Å². The Hall–Kier alpha value is -2.35. The van der Waals surface area contributed by atoms with Crippen LogP contribution in [0, 0.1) is 0 Å². The van der Waals surface area contributed by atoms with Crippen molar-refractivity contribution in [2.24, 2.45) is 0 Å². The summed E-state index contributed by atoms with van der Waals surface area (Å²) in [6.45, 7) is 6.86. The lowest BCUT2D eigenvalue weighted by Gasteiger charge is -2.33. The van der Waals surface area contributed by atoms with E-state index in [9.17, 15) is 9.59 Å². The van der Waals surface area contributed by atoms with Crippen molar-refractivity contribution in [3.8, 4) is 0 Å². The smallest absolute Gasteiger partial charge is 0.409 e. The number of carbonyl (C=O) groups is 2. The summed E-state index contributed by atoms with van der Waals surface area (Å²) in [5.74, 6) is 0.773. The topological polar surface area (TPSA) is 78.0 Å². The Bertz CT molecular complexity index is 653. The lowest BCUT2D eigenvalue weighted by atomic mass is 10.1. The van der Waals surface area contributed by atoms with Gasteiger partial charge in [-0.15, -0.1) is 0 Å². The van der Waals surface area contributed by atoms with Crippen molar-refractivity contribution < 1.29 is 14.3 Å². The molecule has 2 fully saturated rings. The molecule has 8 heteroatoms. The summed E-state index contributed by atoms with van der Waals surface area (Å²) in [6, 6.07) is 3.84. The number of hydrogen-bond acceptors (Lipinski definition) is 6. The minimum absolute atomic E-state index is 0.0608. The number of piperazine rings is 1. The van der Waals surface area contributed by atoms with Gasteiger partial charge in [0.15, 0.2) is 0 Å². The molecule has 3 heterocycles. The van der Waals surface area contributed by atoms with E-state index in [1.165, 1.54) is 0 Å². The molecule has 0 bridgehead atoms. The number of nitrogens with one attached hydrogen (secondary N) is 1. The second-order valence-electron chi connectivity index (χ2n) is 7.13. The highest BCUT2D eigenvalue weighted by Gasteiger charge is 2.24. The fraction of sp³-hybridized carbons (Fsp3) is 0.632. The molecule has 0 spiro atoms. The van der Waals surface area contributed by atoms with E-state index in [2.05, 4.69) is 22.2 Å². The molecule has 2 aliphatic rings. The Morgan fingerprint density at radius 1 is 1.15 bits per heavy atom. The van der Waals surface area contributed by atoms with Gasteiger partial charge < -0.3 is 24.8 Å². The molecule has 2 saturated heterocycles. The number of piperidine rings is 1. The SMILES string of the molecule is CCOC(=O)N1CCC(Nc2cc(C(=O)N3CCN(C)CC3)ccn2)CC1. The van der Waals surface area contributed by atoms with Crippen molar-refractivity contribution in [1.29, 1.82) is 0 Å². The highest BCUT2D eigenvalue weighted by Crippen LogP contribution is 2.18. The second-order valence-corrected chi connectivity index (χ2v) is 7.13. The highest BCUT2D eigenvalue weighted by atomic mass is 16.6. The summed E-state index contributed by atoms with van der Waals surface area (Å²) < 4.78 is 5.05. The number of likely N-dealkylation sites (N-methyl/N-ethyl adjacent to an activating group) is 1. The summed E-state index contributed by atoms with van der Waals surface area (Å²) in [5, 5.41) is 3.41. The van der Waals surface area contributed by atoms with Crippen LogP contribution in [0.1, 0.15) is 30.1 Å². The first-order valence-electron chi connectivity index (χ1n) is 9.69. The van der Waals surface area contributed by atoms with E-state index >= 15 is 0 Å². The Balaban J connectivity index is 1.54. The number of hydrogen-bond donors (Lipinski definition) is 1. The molecule has 1 aromatic heterocycles. The number of amides is 2. The van der Waals surface area contributed by atoms with Gasteiger partial charge in [-0.2, -0.15) is 0 Å². The van der Waals surface area contributed by atoms with Crippen molar-refractivity contribution in [2.75, 3.05) is 58.2 Å². The number of aromatic nitrogens is 1. The summed E-state index contributed by atoms with van der Waals surface area (Å²) in [4.78, 5) is 34.7. The number of ether oxygens (including phenoxy) is 1. The van der Waals surface area contributed by atoms with Gasteiger partial charge in [-0.3, -0.25) is 4.79 Å². The zero-order chi connectivity index (χ0) is 19.2. The van der Waals surface area contributed by atoms with Crippen LogP contribution in [0.2, 0.25) is 0 Å². The second kappa shape index (κ2) is 9.03. The van der Waals surface area contributed by atoms with Crippen LogP contribution in [-0.4, -0.2) is 90.6 Å². The number of nitrogens with zero attached hydrogens (tertiary/aromatic N) is 4. The predicted molar refractivity (Wildman–Crippen MR) is 103 cm³/mol. The van der Waals surface area contributed by atoms with Gasteiger partial charge in [0.2, 0.25) is 0 Å². The van der Waals surface area contributed by atoms with Crippen molar-refractivity contribution >= 4 is 17.8 Å². The zero-order valence-electron chi connectivity index (χ0n) is 16.2. The van der Waals surface area contributed by atoms with Crippen LogP contribution in [0.25, 0.3) is 0 Å². The summed E-state index contributed by atoms with van der Waals surface area (Å²) >= 11 is 0. The van der Waals surface area contributed by atoms with Gasteiger partial charge in [0.1, 0.15) is 5.82 Å². The molecule has 8 nitrogen and oxygen atoms in total. The normalized spacial score (nSPS) is 19.0. The average molecular weight is 375 g/mol. The molecule has 0 saturated carbocycles. The molecule has 0 radical (unpaired) electrons. The monoisotopic (exact) mass is 375 g/mol. The molecule has 2 amide bonds. The van der Waals surface area contributed by atoms with Gasteiger partial charge >= 0.3 is 6.09 Å². The predicted octanol–water partition coefficient (Wildman–Crippen LogP) is 1.50. The number of likely N-dealkylation sites (tertiary alicyclic amines) is 1. The van der Waals surface area contributed by atoms with E-state index in [1.807, 2.05) is 17.9 Å². The summed E-state index contributed by atoms with van der Waals surface area (Å²) in [6.07, 6.45) is 3.10. The fourth-order valence-corrected chi connectivity index (χ4v) is 3.46. The number of anilines is 1. The Labute approximate surface area is 160 Å². The van der Waals surface area contributed by atoms with Crippen molar-refractivity contribution in [3.63, 3.8) is 0 Å². The van der Waals surface area contributed by atoms with E-state index in [1.54, 1.807) is 17.2 Å². The Morgan fingerprint density at radius 3 is 2.52 bits per heavy atom. The maximum absolute atomic E-state index is 12.7. The van der Waals surface area contributed by atoms with E-state index in [4.69, 9.17) is 4.74 Å². The quantitative estimate of drug-likeness (QED) is 0.859. The maximum Gasteiger partial charge on any atom is 0.409 e. The van der Waals surface area contributed by atoms with Crippen LogP contribution in [0.5, 0.6) is 0 Å². The van der Waals surface area contributed by atoms with E-state index < -0.39 is 0 Å². The molecule has 0 unspecified atom stereocenters. The number of rotatable bonds is 4. The third kappa shape index (κ3) is 5.09. The van der Waals surface area contributed by atoms with E-state index in [0.717, 1.165) is 39.0 Å². The number of pyridine rings is 1. The molecule has 148 valence electrons. The molecule has 1 aromatic rings. The van der Waals surface area contributed by atoms with Crippen LogP contribution in [0.15, 0.2) is 18.3 Å². The van der Waals surface area contributed by atoms with Gasteiger partial charge in [0.25, 0.3) is 5.91 Å². The van der Waals surface area contributed by atoms with Crippen LogP contribution in [-0.2, 0) is 4.74 Å². The van der Waals surface area contributed by atoms with E-state index in [-0.39, 0.29) is 18.0 Å². The summed E-state index contributed by atoms with van der Waals surface area (Å²) in [5.41, 5.74) is 0.668. The fourth-order valence-electron chi connectivity index (χ4n) is 3.46. The number of carbonyl (C=O) groups excluding carboxylic acids is 2. The molecule has 0 aliphatic carbocycles. The third-order valence-corrected chi connectivity index (χ3v) is 5.17. The zero-order valence-corrected chi connectivity index (χ0v) is 16.2. The van der Waals surface area contributed by atoms with Crippen molar-refractivity contribution in [3.05, 3.63) is 23.9 Å². The van der Waals surface area contributed by atoms with E-state index in [0.29, 0.717) is 31.1 Å². The summed E-state index contributed by atoms with van der Waals surface area (Å²) in [7, 11) is 2.07. The van der Waals surface area contributed by atoms with Crippen LogP contribution in [0.4, 0.5) is 10.6 Å². The first-order chi connectivity index (χ1) is 13.1. The average Bonchev–Trinajstić information content (AvgIpc) is 2.69. The van der Waals surface area contributed by atoms with Gasteiger partial charge in [0.05, 0.1) is 6.61 Å². The van der Waals surface area contributed by atoms with Gasteiger partial charge in [-0.05, 0) is 38.9 Å². The van der Waals surface area contributed by atoms with Gasteiger partial charge in [-0.1, -0.05) is 0 Å². The molecule has 3 rings (SSSR count). The minimum atomic E-state index is -0.242. The lowest BCUT2D eigenvalue weighted by Crippen LogP contribution is -2.47. The highest BCUT2D eigenvalue weighted by molar-refractivity contribution is 5.94. The van der Waals surface area contributed by atoms with Gasteiger partial charge in [-0.25, -0.2) is 9.78 Å². The maximum atomic E-state index is 12.7. The van der Waals surface area contributed by atoms with Crippen LogP contribution in [0.3, 0.4) is 0 Å². The Morgan fingerprint density at radius 2 is 1.85 bits per heavy atom. The largest absolute Gasteiger partial charge is 0.450 e. The molecule has 2 aliphatic heterocycles. The first kappa shape index (κ1) is 19.4. The molecule has 1 N–H and O–H groups in total. The molecule has 0 atom stereocenters. The van der Waals surface area contributed by atoms with Crippen LogP contribution >= 0.6 is 0 Å². The Kier molecular flexibility index (Phi) is 6.49. The standard InChI is InChI=1S/C19H29N5O3/c1-3-27-19(26)24-8-5-16(6-9-24)21-17-14-15(4-7-20-17)18(25)23-12-10-22(2)11-13-23/h4,7,14,16H,3,5-6,8-13H2,1-2H3,(H,20,21). The lowest BCUT2D eigenvalue weighted by molar-refractivity contribution is 0.0664. The van der Waals surface area contributed by atoms with Crippen molar-refractivity contribution in [2.45, 2.75) is 25.8 Å². The molecule has 0 aromatic carbocycles. The minimum Gasteiger partial charge on any atom is -0.450 e. The third-order valence-electron chi connectivity index (χ3n) is 5.17. The van der Waals surface area contributed by atoms with Crippen molar-refractivity contribution in [1.82, 2.24) is 19.7 Å². The van der Waals surface area contributed by atoms with Crippen LogP contribution < -0.4 is 5.32 Å². The molecule has 27 heavy (non-hydrogen) atoms. The first-order valence-corrected chi connectivity index (χ1v) is 9.69.